The SMILES string of the molecule is C=C(CCC(C)C(=O)NCC)C1=C(Sc2ccc(Cl)cc2)/C(=C/C)C(=NC)N1.CC. The van der Waals surface area contributed by atoms with Gasteiger partial charge in [0, 0.05) is 39.9 Å². The quantitative estimate of drug-likeness (QED) is 0.487. The second-order valence-electron chi connectivity index (χ2n) is 6.60. The maximum absolute atomic E-state index is 12.0. The van der Waals surface area contributed by atoms with Crippen LogP contribution in [0.3, 0.4) is 0 Å². The Bertz CT molecular complexity index is 825. The van der Waals surface area contributed by atoms with Gasteiger partial charge in [-0.1, -0.05) is 56.8 Å². The molecule has 0 spiro atoms. The molecule has 0 bridgehead atoms. The third-order valence-corrected chi connectivity index (χ3v) is 5.94. The third-order valence-electron chi connectivity index (χ3n) is 4.55. The van der Waals surface area contributed by atoms with Crippen LogP contribution in [0.25, 0.3) is 0 Å². The van der Waals surface area contributed by atoms with Crippen LogP contribution in [0.4, 0.5) is 0 Å². The number of hydrogen-bond donors (Lipinski definition) is 2. The van der Waals surface area contributed by atoms with Gasteiger partial charge < -0.3 is 10.6 Å². The largest absolute Gasteiger partial charge is 0.356 e. The molecular weight excluding hydrogens is 414 g/mol. The summed E-state index contributed by atoms with van der Waals surface area (Å²) in [5.74, 6) is 0.878. The second kappa shape index (κ2) is 13.3. The monoisotopic (exact) mass is 447 g/mol. The number of benzene rings is 1. The van der Waals surface area contributed by atoms with Gasteiger partial charge in [0.2, 0.25) is 5.91 Å². The van der Waals surface area contributed by atoms with Gasteiger partial charge in [-0.05, 0) is 56.5 Å². The Morgan fingerprint density at radius 1 is 1.33 bits per heavy atom. The number of halogens is 1. The van der Waals surface area contributed by atoms with E-state index in [1.807, 2.05) is 58.9 Å². The van der Waals surface area contributed by atoms with Gasteiger partial charge in [0.25, 0.3) is 0 Å². The summed E-state index contributed by atoms with van der Waals surface area (Å²) in [5, 5.41) is 7.01. The van der Waals surface area contributed by atoms with Gasteiger partial charge >= 0.3 is 0 Å². The van der Waals surface area contributed by atoms with Crippen LogP contribution in [0.2, 0.25) is 5.02 Å². The molecule has 0 aliphatic carbocycles. The van der Waals surface area contributed by atoms with Gasteiger partial charge in [-0.15, -0.1) is 0 Å². The Kier molecular flexibility index (Phi) is 11.6. The average Bonchev–Trinajstić information content (AvgIpc) is 3.12. The highest BCUT2D eigenvalue weighted by atomic mass is 35.5. The van der Waals surface area contributed by atoms with E-state index >= 15 is 0 Å². The summed E-state index contributed by atoms with van der Waals surface area (Å²) in [5.41, 5.74) is 3.03. The lowest BCUT2D eigenvalue weighted by molar-refractivity contribution is -0.124. The number of rotatable bonds is 8. The summed E-state index contributed by atoms with van der Waals surface area (Å²) >= 11 is 7.68. The molecule has 0 saturated carbocycles. The summed E-state index contributed by atoms with van der Waals surface area (Å²) in [6.45, 7) is 14.8. The molecule has 1 aromatic rings. The Balaban J connectivity index is 0.00000218. The first-order valence-corrected chi connectivity index (χ1v) is 11.6. The fourth-order valence-electron chi connectivity index (χ4n) is 2.90. The third kappa shape index (κ3) is 7.06. The van der Waals surface area contributed by atoms with Crippen LogP contribution in [0.15, 0.2) is 68.6 Å². The molecule has 0 radical (unpaired) electrons. The predicted octanol–water partition coefficient (Wildman–Crippen LogP) is 6.36. The normalized spacial score (nSPS) is 16.8. The highest BCUT2D eigenvalue weighted by molar-refractivity contribution is 8.03. The lowest BCUT2D eigenvalue weighted by Gasteiger charge is -2.14. The topological polar surface area (TPSA) is 53.5 Å². The predicted molar refractivity (Wildman–Crippen MR) is 132 cm³/mol. The van der Waals surface area contributed by atoms with Crippen molar-refractivity contribution in [2.45, 2.75) is 52.4 Å². The van der Waals surface area contributed by atoms with Gasteiger partial charge in [0.15, 0.2) is 0 Å². The number of hydrogen-bond acceptors (Lipinski definition) is 3. The molecule has 2 rings (SSSR count). The van der Waals surface area contributed by atoms with Crippen molar-refractivity contribution in [2.75, 3.05) is 13.6 Å². The van der Waals surface area contributed by atoms with Gasteiger partial charge in [0.05, 0.1) is 5.70 Å². The lowest BCUT2D eigenvalue weighted by atomic mass is 9.99. The summed E-state index contributed by atoms with van der Waals surface area (Å²) in [6, 6.07) is 7.79. The van der Waals surface area contributed by atoms with Crippen molar-refractivity contribution in [3.63, 3.8) is 0 Å². The average molecular weight is 448 g/mol. The van der Waals surface area contributed by atoms with Crippen molar-refractivity contribution in [1.82, 2.24) is 10.6 Å². The first kappa shape index (κ1) is 26.1. The van der Waals surface area contributed by atoms with Crippen LogP contribution < -0.4 is 10.6 Å². The molecule has 1 aliphatic rings. The van der Waals surface area contributed by atoms with Crippen LogP contribution in [0.5, 0.6) is 0 Å². The van der Waals surface area contributed by atoms with E-state index in [-0.39, 0.29) is 11.8 Å². The zero-order valence-corrected chi connectivity index (χ0v) is 20.5. The van der Waals surface area contributed by atoms with Crippen molar-refractivity contribution in [1.29, 1.82) is 0 Å². The van der Waals surface area contributed by atoms with E-state index < -0.39 is 0 Å². The second-order valence-corrected chi connectivity index (χ2v) is 8.12. The van der Waals surface area contributed by atoms with E-state index in [0.29, 0.717) is 11.6 Å². The minimum atomic E-state index is -0.0495. The van der Waals surface area contributed by atoms with Crippen molar-refractivity contribution in [3.8, 4) is 0 Å². The van der Waals surface area contributed by atoms with Gasteiger partial charge in [-0.25, -0.2) is 0 Å². The molecule has 1 unspecified atom stereocenters. The number of nitrogens with one attached hydrogen (secondary N) is 2. The number of nitrogens with zero attached hydrogens (tertiary/aromatic N) is 1. The molecule has 0 fully saturated rings. The van der Waals surface area contributed by atoms with Gasteiger partial charge in [-0.3, -0.25) is 9.79 Å². The molecule has 1 heterocycles. The summed E-state index contributed by atoms with van der Waals surface area (Å²) < 4.78 is 0. The van der Waals surface area contributed by atoms with E-state index in [9.17, 15) is 4.79 Å². The van der Waals surface area contributed by atoms with Crippen LogP contribution in [-0.2, 0) is 4.79 Å². The summed E-state index contributed by atoms with van der Waals surface area (Å²) in [4.78, 5) is 18.6. The molecule has 0 aromatic heterocycles. The Morgan fingerprint density at radius 3 is 2.50 bits per heavy atom. The highest BCUT2D eigenvalue weighted by Crippen LogP contribution is 2.40. The highest BCUT2D eigenvalue weighted by Gasteiger charge is 2.27. The van der Waals surface area contributed by atoms with Crippen LogP contribution in [0.1, 0.15) is 47.5 Å². The maximum Gasteiger partial charge on any atom is 0.222 e. The minimum Gasteiger partial charge on any atom is -0.356 e. The zero-order chi connectivity index (χ0) is 22.7. The summed E-state index contributed by atoms with van der Waals surface area (Å²) in [7, 11) is 1.78. The number of allylic oxidation sites excluding steroid dienone is 2. The Hall–Kier alpha value is -1.98. The number of carbonyl (C=O) groups is 1. The van der Waals surface area contributed by atoms with Crippen LogP contribution in [0, 0.1) is 5.92 Å². The molecule has 30 heavy (non-hydrogen) atoms. The molecule has 1 atom stereocenters. The smallest absolute Gasteiger partial charge is 0.222 e. The molecule has 1 amide bonds. The van der Waals surface area contributed by atoms with Gasteiger partial charge in [0.1, 0.15) is 5.84 Å². The first-order valence-electron chi connectivity index (χ1n) is 10.5. The lowest BCUT2D eigenvalue weighted by Crippen LogP contribution is -2.29. The number of aliphatic imine (C=N–C) groups is 1. The molecule has 0 saturated heterocycles. The van der Waals surface area contributed by atoms with E-state index in [1.165, 1.54) is 0 Å². The van der Waals surface area contributed by atoms with E-state index in [0.717, 1.165) is 45.3 Å². The Labute approximate surface area is 191 Å². The van der Waals surface area contributed by atoms with Crippen molar-refractivity contribution >= 4 is 35.1 Å². The molecule has 1 aliphatic heterocycles. The zero-order valence-electron chi connectivity index (χ0n) is 18.9. The van der Waals surface area contributed by atoms with E-state index in [2.05, 4.69) is 28.3 Å². The maximum atomic E-state index is 12.0. The van der Waals surface area contributed by atoms with Gasteiger partial charge in [-0.2, -0.15) is 0 Å². The van der Waals surface area contributed by atoms with Crippen molar-refractivity contribution in [2.24, 2.45) is 10.9 Å². The van der Waals surface area contributed by atoms with E-state index in [4.69, 9.17) is 11.6 Å². The fourth-order valence-corrected chi connectivity index (χ4v) is 4.16. The minimum absolute atomic E-state index is 0.0495. The van der Waals surface area contributed by atoms with E-state index in [1.54, 1.807) is 18.8 Å². The van der Waals surface area contributed by atoms with Crippen molar-refractivity contribution < 1.29 is 4.79 Å². The summed E-state index contributed by atoms with van der Waals surface area (Å²) in [6.07, 6.45) is 3.54. The Morgan fingerprint density at radius 2 is 1.97 bits per heavy atom. The number of amidine groups is 1. The molecule has 2 N–H and O–H groups in total. The van der Waals surface area contributed by atoms with Crippen LogP contribution in [-0.4, -0.2) is 25.3 Å². The molecule has 6 heteroatoms. The standard InChI is InChI=1S/C22H28ClN3OS.C2H6/c1-6-18-20(28-17-12-10-16(23)11-13-17)19(26-21(18)24-5)14(3)8-9-15(4)22(27)25-7-2;1-2/h6,10-13,15H,3,7-9H2,1-2,4-5H3,(H,24,26)(H,25,27);1-2H3/b18-6-;. The number of thioether (sulfide) groups is 1. The van der Waals surface area contributed by atoms with Crippen molar-refractivity contribution in [3.05, 3.63) is 63.7 Å². The fraction of sp³-hybridized carbons (Fsp3) is 0.417. The first-order chi connectivity index (χ1) is 14.4. The molecule has 164 valence electrons. The van der Waals surface area contributed by atoms with Crippen LogP contribution >= 0.6 is 23.4 Å². The molecular formula is C24H34ClN3OS. The number of carbonyl (C=O) groups excluding carboxylic acids is 1. The number of amides is 1. The molecule has 4 nitrogen and oxygen atoms in total. The molecule has 1 aromatic carbocycles.